The largest absolute Gasteiger partial charge is 0.456 e. The van der Waals surface area contributed by atoms with Crippen LogP contribution in [0.4, 0.5) is 0 Å². The van der Waals surface area contributed by atoms with Crippen molar-refractivity contribution in [2.24, 2.45) is 0 Å². The predicted molar refractivity (Wildman–Crippen MR) is 248 cm³/mol. The van der Waals surface area contributed by atoms with Crippen LogP contribution in [0.2, 0.25) is 0 Å². The van der Waals surface area contributed by atoms with Crippen molar-refractivity contribution < 1.29 is 8.83 Å². The molecule has 4 aromatic heterocycles. The summed E-state index contributed by atoms with van der Waals surface area (Å²) in [5.41, 5.74) is 10.9. The van der Waals surface area contributed by atoms with E-state index in [1.54, 1.807) is 0 Å². The number of rotatable bonds is 5. The van der Waals surface area contributed by atoms with E-state index in [-0.39, 0.29) is 0 Å². The Bertz CT molecular complexity index is 3900. The van der Waals surface area contributed by atoms with E-state index < -0.39 is 0 Å². The quantitative estimate of drug-likeness (QED) is 0.174. The maximum atomic E-state index is 6.73. The Morgan fingerprint density at radius 2 is 0.967 bits per heavy atom. The lowest BCUT2D eigenvalue weighted by Gasteiger charge is -2.14. The molecule has 0 radical (unpaired) electrons. The lowest BCUT2D eigenvalue weighted by Crippen LogP contribution is -2.02. The Morgan fingerprint density at radius 3 is 1.82 bits per heavy atom. The monoisotopic (exact) mass is 780 g/mol. The highest BCUT2D eigenvalue weighted by atomic mass is 16.3. The van der Waals surface area contributed by atoms with Gasteiger partial charge in [-0.15, -0.1) is 0 Å². The van der Waals surface area contributed by atoms with Crippen molar-refractivity contribution in [3.63, 3.8) is 0 Å². The summed E-state index contributed by atoms with van der Waals surface area (Å²) >= 11 is 0. The maximum absolute atomic E-state index is 6.73. The first kappa shape index (κ1) is 33.6. The van der Waals surface area contributed by atoms with Gasteiger partial charge in [-0.2, -0.15) is 0 Å². The van der Waals surface area contributed by atoms with Crippen LogP contribution in [-0.2, 0) is 0 Å². The van der Waals surface area contributed by atoms with E-state index in [1.807, 2.05) is 48.5 Å². The van der Waals surface area contributed by atoms with Crippen molar-refractivity contribution in [3.05, 3.63) is 194 Å². The van der Waals surface area contributed by atoms with E-state index in [1.165, 1.54) is 21.5 Å². The van der Waals surface area contributed by atoms with E-state index in [4.69, 9.17) is 23.8 Å². The summed E-state index contributed by atoms with van der Waals surface area (Å²) in [5.74, 6) is 1.60. The molecule has 4 heterocycles. The van der Waals surface area contributed by atoms with Gasteiger partial charge >= 0.3 is 0 Å². The van der Waals surface area contributed by atoms with Gasteiger partial charge in [-0.1, -0.05) is 140 Å². The number of benzene rings is 9. The minimum Gasteiger partial charge on any atom is -0.456 e. The molecule has 0 amide bonds. The maximum Gasteiger partial charge on any atom is 0.167 e. The van der Waals surface area contributed by atoms with Crippen molar-refractivity contribution >= 4 is 76.5 Å². The molecule has 0 bridgehead atoms. The second kappa shape index (κ2) is 13.1. The molecular weight excluding hydrogens is 749 g/mol. The highest BCUT2D eigenvalue weighted by Gasteiger charge is 2.23. The summed E-state index contributed by atoms with van der Waals surface area (Å²) in [5, 5.41) is 8.85. The van der Waals surface area contributed by atoms with Gasteiger partial charge in [0, 0.05) is 38.1 Å². The van der Waals surface area contributed by atoms with E-state index in [2.05, 4.69) is 150 Å². The first-order valence-corrected chi connectivity index (χ1v) is 20.4. The average molecular weight is 781 g/mol. The normalized spacial score (nSPS) is 11.9. The predicted octanol–water partition coefficient (Wildman–Crippen LogP) is 14.6. The molecule has 13 rings (SSSR count). The van der Waals surface area contributed by atoms with Gasteiger partial charge in [0.2, 0.25) is 0 Å². The Balaban J connectivity index is 1.11. The second-order valence-electron chi connectivity index (χ2n) is 15.6. The molecule has 0 N–H and O–H groups in total. The minimum absolute atomic E-state index is 0.518. The summed E-state index contributed by atoms with van der Waals surface area (Å²) in [4.78, 5) is 15.8. The molecule has 0 unspecified atom stereocenters. The molecule has 284 valence electrons. The minimum atomic E-state index is 0.518. The van der Waals surface area contributed by atoms with Crippen LogP contribution in [0.5, 0.6) is 0 Å². The number of hydrogen-bond acceptors (Lipinski definition) is 5. The molecule has 0 saturated heterocycles. The topological polar surface area (TPSA) is 69.9 Å². The van der Waals surface area contributed by atoms with Crippen LogP contribution in [0, 0.1) is 0 Å². The Labute approximate surface area is 348 Å². The first-order chi connectivity index (χ1) is 30.2. The van der Waals surface area contributed by atoms with Crippen LogP contribution in [0.25, 0.3) is 127 Å². The summed E-state index contributed by atoms with van der Waals surface area (Å²) in [6.45, 7) is 0. The van der Waals surface area contributed by atoms with Gasteiger partial charge in [-0.25, -0.2) is 15.0 Å². The van der Waals surface area contributed by atoms with Crippen LogP contribution in [0.3, 0.4) is 0 Å². The van der Waals surface area contributed by atoms with Crippen molar-refractivity contribution in [1.29, 1.82) is 0 Å². The van der Waals surface area contributed by atoms with Crippen molar-refractivity contribution in [2.45, 2.75) is 0 Å². The Hall–Kier alpha value is -8.35. The van der Waals surface area contributed by atoms with Crippen LogP contribution in [0.15, 0.2) is 203 Å². The highest BCUT2D eigenvalue weighted by Crippen LogP contribution is 2.43. The first-order valence-electron chi connectivity index (χ1n) is 20.4. The van der Waals surface area contributed by atoms with E-state index in [0.717, 1.165) is 88.4 Å². The van der Waals surface area contributed by atoms with Gasteiger partial charge < -0.3 is 13.4 Å². The molecule has 13 aromatic rings. The molecule has 6 nitrogen and oxygen atoms in total. The lowest BCUT2D eigenvalue weighted by atomic mass is 10.0. The van der Waals surface area contributed by atoms with E-state index in [0.29, 0.717) is 17.5 Å². The second-order valence-corrected chi connectivity index (χ2v) is 15.6. The molecule has 0 saturated carbocycles. The zero-order chi connectivity index (χ0) is 40.0. The zero-order valence-electron chi connectivity index (χ0n) is 32.6. The molecular formula is C55H32N4O2. The fraction of sp³-hybridized carbons (Fsp3) is 0. The van der Waals surface area contributed by atoms with Gasteiger partial charge in [-0.3, -0.25) is 0 Å². The van der Waals surface area contributed by atoms with Gasteiger partial charge in [0.15, 0.2) is 17.5 Å². The molecule has 0 atom stereocenters. The third-order valence-electron chi connectivity index (χ3n) is 12.0. The highest BCUT2D eigenvalue weighted by molar-refractivity contribution is 6.17. The number of para-hydroxylation sites is 4. The molecule has 0 aliphatic heterocycles. The number of fused-ring (bicyclic) bond motifs is 10. The standard InChI is InChI=1S/C55H32N4O2/c1-2-14-33(15-3-1)34-18-12-19-37(28-34)53-56-54(58-55(57-53)43-24-13-23-41-40-21-7-10-26-48(40)61-52(41)43)38-31-47(51-42-22-8-11-27-49(42)60-50(51)32-38)59-45-25-9-6-20-39(45)44-29-35-16-4-5-17-36(35)30-46(44)59/h1-32H. The summed E-state index contributed by atoms with van der Waals surface area (Å²) < 4.78 is 15.7. The Kier molecular flexibility index (Phi) is 7.21. The van der Waals surface area contributed by atoms with Crippen LogP contribution in [0.1, 0.15) is 0 Å². The SMILES string of the molecule is c1ccc(-c2cccc(-c3nc(-c4cc(-n5c6ccccc6c6cc7ccccc7cc65)c5c(c4)oc4ccccc45)nc(-c4cccc5c4oc4ccccc45)n3)c2)cc1. The number of furan rings is 2. The van der Waals surface area contributed by atoms with Crippen molar-refractivity contribution in [1.82, 2.24) is 19.5 Å². The number of hydrogen-bond donors (Lipinski definition) is 0. The smallest absolute Gasteiger partial charge is 0.167 e. The number of aromatic nitrogens is 4. The fourth-order valence-corrected chi connectivity index (χ4v) is 9.20. The molecule has 61 heavy (non-hydrogen) atoms. The van der Waals surface area contributed by atoms with Crippen molar-refractivity contribution in [2.75, 3.05) is 0 Å². The molecule has 9 aromatic carbocycles. The van der Waals surface area contributed by atoms with Crippen LogP contribution in [-0.4, -0.2) is 19.5 Å². The van der Waals surface area contributed by atoms with Gasteiger partial charge in [0.25, 0.3) is 0 Å². The van der Waals surface area contributed by atoms with E-state index >= 15 is 0 Å². The zero-order valence-corrected chi connectivity index (χ0v) is 32.6. The molecule has 0 spiro atoms. The summed E-state index contributed by atoms with van der Waals surface area (Å²) in [6.07, 6.45) is 0. The van der Waals surface area contributed by atoms with E-state index in [9.17, 15) is 0 Å². The molecule has 0 fully saturated rings. The number of nitrogens with zero attached hydrogens (tertiary/aromatic N) is 4. The Morgan fingerprint density at radius 1 is 0.344 bits per heavy atom. The van der Waals surface area contributed by atoms with Crippen LogP contribution >= 0.6 is 0 Å². The van der Waals surface area contributed by atoms with Gasteiger partial charge in [-0.05, 0) is 76.5 Å². The van der Waals surface area contributed by atoms with Gasteiger partial charge in [0.1, 0.15) is 22.3 Å². The average Bonchev–Trinajstić information content (AvgIpc) is 4.00. The molecule has 0 aliphatic carbocycles. The summed E-state index contributed by atoms with van der Waals surface area (Å²) in [7, 11) is 0. The fourth-order valence-electron chi connectivity index (χ4n) is 9.20. The van der Waals surface area contributed by atoms with Crippen molar-refractivity contribution in [3.8, 4) is 51.0 Å². The third kappa shape index (κ3) is 5.26. The van der Waals surface area contributed by atoms with Crippen LogP contribution < -0.4 is 0 Å². The third-order valence-corrected chi connectivity index (χ3v) is 12.0. The van der Waals surface area contributed by atoms with Gasteiger partial charge in [0.05, 0.1) is 27.7 Å². The molecule has 6 heteroatoms. The lowest BCUT2D eigenvalue weighted by molar-refractivity contribution is 0.668. The molecule has 0 aliphatic rings. The summed E-state index contributed by atoms with van der Waals surface area (Å²) in [6, 6.07) is 67.4.